The third kappa shape index (κ3) is 1.87. The lowest BCUT2D eigenvalue weighted by Gasteiger charge is -2.10. The number of ether oxygens (including phenoxy) is 2. The summed E-state index contributed by atoms with van der Waals surface area (Å²) < 4.78 is 10.7. The summed E-state index contributed by atoms with van der Waals surface area (Å²) in [7, 11) is 0. The predicted molar refractivity (Wildman–Crippen MR) is 61.3 cm³/mol. The molecule has 0 aromatic heterocycles. The number of hydrogen-bond donors (Lipinski definition) is 0. The zero-order valence-electron chi connectivity index (χ0n) is 9.30. The van der Waals surface area contributed by atoms with Crippen LogP contribution in [0.4, 0.5) is 0 Å². The average Bonchev–Trinajstić information content (AvgIpc) is 2.66. The summed E-state index contributed by atoms with van der Waals surface area (Å²) in [5.74, 6) is 1.42. The van der Waals surface area contributed by atoms with E-state index < -0.39 is 0 Å². The number of carbonyl (C=O) groups excluding carboxylic acids is 1. The fraction of sp³-hybridized carbons (Fsp3) is 0.417. The highest BCUT2D eigenvalue weighted by atomic mass is 35.5. The Kier molecular flexibility index (Phi) is 3.06. The molecular formula is C12H13ClO3. The average molecular weight is 241 g/mol. The van der Waals surface area contributed by atoms with Crippen molar-refractivity contribution in [1.82, 2.24) is 0 Å². The van der Waals surface area contributed by atoms with Crippen LogP contribution >= 0.6 is 11.6 Å². The molecule has 2 rings (SSSR count). The molecule has 4 heteroatoms. The Labute approximate surface area is 99.3 Å². The lowest BCUT2D eigenvalue weighted by atomic mass is 9.99. The number of fused-ring (bicyclic) bond motifs is 1. The summed E-state index contributed by atoms with van der Waals surface area (Å²) in [4.78, 5) is 11.2. The van der Waals surface area contributed by atoms with Gasteiger partial charge in [0, 0.05) is 12.0 Å². The SMILES string of the molecule is CCc1c(CC(C)=O)cc(Cl)c2c1OCO2. The number of halogens is 1. The normalized spacial score (nSPS) is 12.9. The second kappa shape index (κ2) is 4.34. The number of hydrogen-bond acceptors (Lipinski definition) is 3. The van der Waals surface area contributed by atoms with Gasteiger partial charge in [0.1, 0.15) is 5.78 Å². The van der Waals surface area contributed by atoms with Crippen LogP contribution in [0.2, 0.25) is 5.02 Å². The van der Waals surface area contributed by atoms with Gasteiger partial charge in [-0.15, -0.1) is 0 Å². The zero-order chi connectivity index (χ0) is 11.7. The van der Waals surface area contributed by atoms with Crippen LogP contribution in [0.1, 0.15) is 25.0 Å². The van der Waals surface area contributed by atoms with Crippen molar-refractivity contribution < 1.29 is 14.3 Å². The van der Waals surface area contributed by atoms with Crippen molar-refractivity contribution in [2.75, 3.05) is 6.79 Å². The van der Waals surface area contributed by atoms with Crippen molar-refractivity contribution in [2.45, 2.75) is 26.7 Å². The first-order chi connectivity index (χ1) is 7.63. The molecular weight excluding hydrogens is 228 g/mol. The highest BCUT2D eigenvalue weighted by molar-refractivity contribution is 6.32. The van der Waals surface area contributed by atoms with E-state index in [1.807, 2.05) is 6.92 Å². The fourth-order valence-electron chi connectivity index (χ4n) is 1.94. The van der Waals surface area contributed by atoms with E-state index in [9.17, 15) is 4.79 Å². The van der Waals surface area contributed by atoms with Gasteiger partial charge in [-0.25, -0.2) is 0 Å². The van der Waals surface area contributed by atoms with Crippen molar-refractivity contribution in [3.05, 3.63) is 22.2 Å². The van der Waals surface area contributed by atoms with Crippen LogP contribution in [-0.4, -0.2) is 12.6 Å². The second-order valence-corrected chi connectivity index (χ2v) is 4.20. The van der Waals surface area contributed by atoms with Crippen LogP contribution < -0.4 is 9.47 Å². The summed E-state index contributed by atoms with van der Waals surface area (Å²) in [5, 5.41) is 0.515. The minimum absolute atomic E-state index is 0.115. The van der Waals surface area contributed by atoms with E-state index in [2.05, 4.69) is 0 Å². The summed E-state index contributed by atoms with van der Waals surface area (Å²) in [5.41, 5.74) is 1.95. The molecule has 0 bridgehead atoms. The number of Topliss-reactive ketones (excluding diaryl/α,β-unsaturated/α-hetero) is 1. The van der Waals surface area contributed by atoms with Crippen molar-refractivity contribution in [2.24, 2.45) is 0 Å². The quantitative estimate of drug-likeness (QED) is 0.815. The van der Waals surface area contributed by atoms with E-state index in [1.165, 1.54) is 0 Å². The second-order valence-electron chi connectivity index (χ2n) is 3.79. The Morgan fingerprint density at radius 2 is 2.12 bits per heavy atom. The Hall–Kier alpha value is -1.22. The van der Waals surface area contributed by atoms with Gasteiger partial charge >= 0.3 is 0 Å². The van der Waals surface area contributed by atoms with E-state index in [0.29, 0.717) is 22.9 Å². The summed E-state index contributed by atoms with van der Waals surface area (Å²) in [6.07, 6.45) is 1.19. The molecule has 0 saturated carbocycles. The first-order valence-corrected chi connectivity index (χ1v) is 5.60. The molecule has 0 fully saturated rings. The maximum Gasteiger partial charge on any atom is 0.231 e. The fourth-order valence-corrected chi connectivity index (χ4v) is 2.22. The molecule has 0 N–H and O–H groups in total. The number of ketones is 1. The van der Waals surface area contributed by atoms with Gasteiger partial charge in [0.15, 0.2) is 11.5 Å². The Balaban J connectivity index is 2.53. The van der Waals surface area contributed by atoms with Gasteiger partial charge in [-0.3, -0.25) is 4.79 Å². The molecule has 86 valence electrons. The van der Waals surface area contributed by atoms with Gasteiger partial charge in [0.25, 0.3) is 0 Å². The monoisotopic (exact) mass is 240 g/mol. The van der Waals surface area contributed by atoms with Crippen molar-refractivity contribution in [3.8, 4) is 11.5 Å². The third-order valence-corrected chi connectivity index (χ3v) is 2.87. The predicted octanol–water partition coefficient (Wildman–Crippen LogP) is 2.76. The first kappa shape index (κ1) is 11.3. The topological polar surface area (TPSA) is 35.5 Å². The van der Waals surface area contributed by atoms with E-state index in [0.717, 1.165) is 17.5 Å². The van der Waals surface area contributed by atoms with Gasteiger partial charge in [-0.05, 0) is 25.0 Å². The molecule has 16 heavy (non-hydrogen) atoms. The van der Waals surface area contributed by atoms with Gasteiger partial charge in [0.05, 0.1) is 5.02 Å². The molecule has 1 aliphatic heterocycles. The molecule has 0 spiro atoms. The Bertz CT molecular complexity index is 440. The van der Waals surface area contributed by atoms with E-state index in [1.54, 1.807) is 13.0 Å². The molecule has 1 aromatic carbocycles. The first-order valence-electron chi connectivity index (χ1n) is 5.22. The number of benzene rings is 1. The summed E-state index contributed by atoms with van der Waals surface area (Å²) >= 11 is 6.07. The summed E-state index contributed by atoms with van der Waals surface area (Å²) in [6.45, 7) is 3.79. The highest BCUT2D eigenvalue weighted by Gasteiger charge is 2.23. The molecule has 0 radical (unpaired) electrons. The van der Waals surface area contributed by atoms with E-state index >= 15 is 0 Å². The molecule has 0 aliphatic carbocycles. The van der Waals surface area contributed by atoms with Crippen LogP contribution in [0.5, 0.6) is 11.5 Å². The minimum Gasteiger partial charge on any atom is -0.453 e. The summed E-state index contributed by atoms with van der Waals surface area (Å²) in [6, 6.07) is 1.80. The van der Waals surface area contributed by atoms with Gasteiger partial charge in [-0.2, -0.15) is 0 Å². The molecule has 0 amide bonds. The third-order valence-electron chi connectivity index (χ3n) is 2.59. The largest absolute Gasteiger partial charge is 0.453 e. The molecule has 1 aliphatic rings. The molecule has 1 aromatic rings. The van der Waals surface area contributed by atoms with Crippen molar-refractivity contribution in [1.29, 1.82) is 0 Å². The van der Waals surface area contributed by atoms with E-state index in [4.69, 9.17) is 21.1 Å². The molecule has 0 saturated heterocycles. The minimum atomic E-state index is 0.115. The smallest absolute Gasteiger partial charge is 0.231 e. The Morgan fingerprint density at radius 3 is 2.75 bits per heavy atom. The molecule has 0 unspecified atom stereocenters. The lowest BCUT2D eigenvalue weighted by Crippen LogP contribution is -2.02. The van der Waals surface area contributed by atoms with Crippen molar-refractivity contribution in [3.63, 3.8) is 0 Å². The molecule has 0 atom stereocenters. The van der Waals surface area contributed by atoms with Crippen LogP contribution in [0.15, 0.2) is 6.07 Å². The van der Waals surface area contributed by atoms with Crippen LogP contribution in [0, 0.1) is 0 Å². The van der Waals surface area contributed by atoms with Crippen LogP contribution in [0.3, 0.4) is 0 Å². The lowest BCUT2D eigenvalue weighted by molar-refractivity contribution is -0.116. The molecule has 3 nitrogen and oxygen atoms in total. The maximum absolute atomic E-state index is 11.2. The van der Waals surface area contributed by atoms with Gasteiger partial charge in [0.2, 0.25) is 6.79 Å². The van der Waals surface area contributed by atoms with Gasteiger partial charge in [-0.1, -0.05) is 18.5 Å². The van der Waals surface area contributed by atoms with Crippen LogP contribution in [0.25, 0.3) is 0 Å². The maximum atomic E-state index is 11.2. The zero-order valence-corrected chi connectivity index (χ0v) is 10.1. The van der Waals surface area contributed by atoms with Crippen LogP contribution in [-0.2, 0) is 17.6 Å². The molecule has 1 heterocycles. The standard InChI is InChI=1S/C12H13ClO3/c1-3-9-8(4-7(2)14)5-10(13)12-11(9)15-6-16-12/h5H,3-4,6H2,1-2H3. The Morgan fingerprint density at radius 1 is 1.44 bits per heavy atom. The highest BCUT2D eigenvalue weighted by Crippen LogP contribution is 2.43. The van der Waals surface area contributed by atoms with E-state index in [-0.39, 0.29) is 12.6 Å². The van der Waals surface area contributed by atoms with Crippen molar-refractivity contribution >= 4 is 17.4 Å². The number of rotatable bonds is 3. The van der Waals surface area contributed by atoms with Gasteiger partial charge < -0.3 is 9.47 Å². The number of carbonyl (C=O) groups is 1.